The van der Waals surface area contributed by atoms with Gasteiger partial charge in [-0.2, -0.15) is 0 Å². The fraction of sp³-hybridized carbons (Fsp3) is 0.969. The van der Waals surface area contributed by atoms with Crippen LogP contribution in [0.25, 0.3) is 0 Å². The zero-order valence-electron chi connectivity index (χ0n) is 26.4. The molecule has 8 N–H and O–H groups in total. The van der Waals surface area contributed by atoms with Crippen molar-refractivity contribution in [1.29, 1.82) is 0 Å². The van der Waals surface area contributed by atoms with E-state index >= 15 is 0 Å². The SMILES string of the molecule is CC1(C)C(=O)CC[C@]2(C)[C@@H]1CC[C@@]13C[C@@H](CC[C@H]12)[C@@](O)(CO[C@@H]1O[C@H](CO[C@@H]2O[C@H](CO)[C@@H](O)[C@H](O)[C@H]2O)[C@@H](O)[C@H](O)[C@H]1O)C3. The number of Topliss-reactive ketones (excluding diaryl/α,β-unsaturated/α-hetero) is 1. The fourth-order valence-electron chi connectivity index (χ4n) is 10.6. The summed E-state index contributed by atoms with van der Waals surface area (Å²) in [6.07, 6.45) is -8.49. The van der Waals surface area contributed by atoms with Crippen molar-refractivity contribution >= 4 is 5.78 Å². The van der Waals surface area contributed by atoms with E-state index in [1.807, 2.05) is 0 Å². The molecule has 258 valence electrons. The summed E-state index contributed by atoms with van der Waals surface area (Å²) in [5.41, 5.74) is -1.58. The van der Waals surface area contributed by atoms with Crippen molar-refractivity contribution in [2.24, 2.45) is 34.0 Å². The molecule has 0 radical (unpaired) electrons. The largest absolute Gasteiger partial charge is 0.394 e. The number of aliphatic hydroxyl groups excluding tert-OH is 7. The minimum atomic E-state index is -1.67. The third-order valence-corrected chi connectivity index (χ3v) is 13.1. The number of ether oxygens (including phenoxy) is 4. The van der Waals surface area contributed by atoms with Crippen LogP contribution in [0.3, 0.4) is 0 Å². The van der Waals surface area contributed by atoms with Gasteiger partial charge in [-0.1, -0.05) is 20.8 Å². The molecule has 0 unspecified atom stereocenters. The highest BCUT2D eigenvalue weighted by molar-refractivity contribution is 5.85. The summed E-state index contributed by atoms with van der Waals surface area (Å²) in [4.78, 5) is 12.9. The summed E-state index contributed by atoms with van der Waals surface area (Å²) in [6.45, 7) is 5.32. The molecule has 6 fully saturated rings. The molecule has 2 heterocycles. The fourth-order valence-corrected chi connectivity index (χ4v) is 10.6. The second-order valence-corrected chi connectivity index (χ2v) is 15.8. The first-order chi connectivity index (χ1) is 21.1. The van der Waals surface area contributed by atoms with Gasteiger partial charge in [0.05, 0.1) is 25.4 Å². The van der Waals surface area contributed by atoms with Gasteiger partial charge >= 0.3 is 0 Å². The smallest absolute Gasteiger partial charge is 0.186 e. The number of ketones is 1. The van der Waals surface area contributed by atoms with E-state index in [0.29, 0.717) is 30.5 Å². The van der Waals surface area contributed by atoms with E-state index in [2.05, 4.69) is 20.8 Å². The third-order valence-electron chi connectivity index (χ3n) is 13.1. The molecule has 4 saturated carbocycles. The summed E-state index contributed by atoms with van der Waals surface area (Å²) in [7, 11) is 0. The molecule has 6 aliphatic rings. The second kappa shape index (κ2) is 12.0. The van der Waals surface area contributed by atoms with E-state index in [4.69, 9.17) is 18.9 Å². The summed E-state index contributed by atoms with van der Waals surface area (Å²) in [5, 5.41) is 83.7. The molecule has 13 nitrogen and oxygen atoms in total. The van der Waals surface area contributed by atoms with Crippen LogP contribution in [-0.4, -0.2) is 133 Å². The molecule has 2 aliphatic heterocycles. The van der Waals surface area contributed by atoms with E-state index < -0.39 is 80.2 Å². The van der Waals surface area contributed by atoms with E-state index in [1.165, 1.54) is 0 Å². The monoisotopic (exact) mass is 644 g/mol. The van der Waals surface area contributed by atoms with E-state index in [1.54, 1.807) is 0 Å². The number of hydrogen-bond acceptors (Lipinski definition) is 13. The lowest BCUT2D eigenvalue weighted by Gasteiger charge is -2.63. The average molecular weight is 645 g/mol. The standard InChI is InChI=1S/C32H52O13/c1-29(2)18-6-9-31-10-15(4-5-19(31)30(18,3)8-7-20(29)34)32(41,13-31)14-43-28-26(40)24(38)22(36)17(45-28)12-42-27-25(39)23(37)21(35)16(11-33)44-27/h15-19,21-28,33,35-41H,4-14H2,1-3H3/t15-,16-,17-,18-,19+,21-,22-,23+,24+,25-,26-,27-,28-,30-,31+,32+/m1/s1. The highest BCUT2D eigenvalue weighted by Crippen LogP contribution is 2.72. The number of rotatable bonds is 7. The Hall–Kier alpha value is -0.810. The molecule has 6 rings (SSSR count). The zero-order valence-corrected chi connectivity index (χ0v) is 26.4. The zero-order chi connectivity index (χ0) is 32.7. The predicted octanol–water partition coefficient (Wildman–Crippen LogP) is -1.03. The van der Waals surface area contributed by atoms with Gasteiger partial charge in [-0.05, 0) is 73.5 Å². The molecule has 4 aliphatic carbocycles. The first-order valence-electron chi connectivity index (χ1n) is 16.6. The predicted molar refractivity (Wildman–Crippen MR) is 154 cm³/mol. The lowest BCUT2D eigenvalue weighted by Crippen LogP contribution is -2.62. The van der Waals surface area contributed by atoms with Crippen LogP contribution in [0.2, 0.25) is 0 Å². The molecular formula is C32H52O13. The maximum atomic E-state index is 12.9. The van der Waals surface area contributed by atoms with Crippen LogP contribution in [0.15, 0.2) is 0 Å². The van der Waals surface area contributed by atoms with Gasteiger partial charge in [-0.3, -0.25) is 4.79 Å². The van der Waals surface area contributed by atoms with Crippen LogP contribution in [-0.2, 0) is 23.7 Å². The first kappa shape index (κ1) is 34.1. The van der Waals surface area contributed by atoms with Crippen LogP contribution in [0, 0.1) is 34.0 Å². The molecule has 0 amide bonds. The number of carbonyl (C=O) groups is 1. The van der Waals surface area contributed by atoms with Crippen molar-refractivity contribution in [3.8, 4) is 0 Å². The number of carbonyl (C=O) groups excluding carboxylic acids is 1. The molecule has 0 aromatic rings. The van der Waals surface area contributed by atoms with Gasteiger partial charge in [0, 0.05) is 11.8 Å². The number of hydrogen-bond donors (Lipinski definition) is 8. The Bertz CT molecular complexity index is 1100. The van der Waals surface area contributed by atoms with Crippen LogP contribution in [0.1, 0.15) is 72.1 Å². The van der Waals surface area contributed by atoms with Crippen LogP contribution < -0.4 is 0 Å². The Morgan fingerprint density at radius 2 is 1.40 bits per heavy atom. The minimum absolute atomic E-state index is 0.00584. The highest BCUT2D eigenvalue weighted by atomic mass is 16.7. The van der Waals surface area contributed by atoms with Crippen molar-refractivity contribution in [3.63, 3.8) is 0 Å². The van der Waals surface area contributed by atoms with Crippen molar-refractivity contribution in [1.82, 2.24) is 0 Å². The molecular weight excluding hydrogens is 592 g/mol. The molecule has 0 aromatic heterocycles. The minimum Gasteiger partial charge on any atom is -0.394 e. The van der Waals surface area contributed by atoms with Gasteiger partial charge in [0.25, 0.3) is 0 Å². The molecule has 45 heavy (non-hydrogen) atoms. The van der Waals surface area contributed by atoms with Crippen LogP contribution in [0.4, 0.5) is 0 Å². The topological polar surface area (TPSA) is 216 Å². The van der Waals surface area contributed by atoms with Gasteiger partial charge in [0.15, 0.2) is 12.6 Å². The second-order valence-electron chi connectivity index (χ2n) is 15.8. The van der Waals surface area contributed by atoms with Crippen molar-refractivity contribution in [3.05, 3.63) is 0 Å². The molecule has 13 heteroatoms. The van der Waals surface area contributed by atoms with Gasteiger partial charge < -0.3 is 59.8 Å². The average Bonchev–Trinajstić information content (AvgIpc) is 3.21. The van der Waals surface area contributed by atoms with Crippen molar-refractivity contribution in [2.75, 3.05) is 19.8 Å². The Labute approximate surface area is 263 Å². The summed E-state index contributed by atoms with van der Waals surface area (Å²) in [5.74, 6) is 1.04. The Morgan fingerprint density at radius 3 is 2.07 bits per heavy atom. The molecule has 0 aromatic carbocycles. The number of fused-ring (bicyclic) bond motifs is 3. The highest BCUT2D eigenvalue weighted by Gasteiger charge is 2.68. The Kier molecular flexibility index (Phi) is 9.05. The quantitative estimate of drug-likeness (QED) is 0.167. The maximum Gasteiger partial charge on any atom is 0.186 e. The number of aliphatic hydroxyl groups is 8. The van der Waals surface area contributed by atoms with E-state index in [-0.39, 0.29) is 28.8 Å². The van der Waals surface area contributed by atoms with Crippen LogP contribution >= 0.6 is 0 Å². The molecule has 1 spiro atoms. The molecule has 2 saturated heterocycles. The van der Waals surface area contributed by atoms with E-state index in [0.717, 1.165) is 38.5 Å². The van der Waals surface area contributed by atoms with Gasteiger partial charge in [-0.15, -0.1) is 0 Å². The lowest BCUT2D eigenvalue weighted by molar-refractivity contribution is -0.334. The van der Waals surface area contributed by atoms with Gasteiger partial charge in [0.2, 0.25) is 0 Å². The lowest BCUT2D eigenvalue weighted by atomic mass is 9.41. The van der Waals surface area contributed by atoms with Crippen molar-refractivity contribution in [2.45, 2.75) is 139 Å². The van der Waals surface area contributed by atoms with Gasteiger partial charge in [-0.25, -0.2) is 0 Å². The Morgan fingerprint density at radius 1 is 0.778 bits per heavy atom. The summed E-state index contributed by atoms with van der Waals surface area (Å²) < 4.78 is 22.6. The van der Waals surface area contributed by atoms with Crippen LogP contribution in [0.5, 0.6) is 0 Å². The van der Waals surface area contributed by atoms with E-state index in [9.17, 15) is 45.6 Å². The van der Waals surface area contributed by atoms with Crippen molar-refractivity contribution < 1.29 is 64.6 Å². The summed E-state index contributed by atoms with van der Waals surface area (Å²) >= 11 is 0. The molecule has 2 bridgehead atoms. The van der Waals surface area contributed by atoms with Gasteiger partial charge in [0.1, 0.15) is 54.6 Å². The maximum absolute atomic E-state index is 12.9. The summed E-state index contributed by atoms with van der Waals surface area (Å²) in [6, 6.07) is 0. The molecule has 16 atom stereocenters. The first-order valence-corrected chi connectivity index (χ1v) is 16.6. The third kappa shape index (κ3) is 5.43. The Balaban J connectivity index is 1.11. The normalized spacial score (nSPS) is 54.4.